The second-order valence-corrected chi connectivity index (χ2v) is 5.27. The van der Waals surface area contributed by atoms with E-state index in [-0.39, 0.29) is 13.0 Å². The maximum absolute atomic E-state index is 11.5. The molecular formula is C15H23N3O8. The lowest BCUT2D eigenvalue weighted by Crippen LogP contribution is -2.52. The van der Waals surface area contributed by atoms with Gasteiger partial charge in [-0.15, -0.1) is 0 Å². The summed E-state index contributed by atoms with van der Waals surface area (Å²) in [6.07, 6.45) is -4.64. The fourth-order valence-electron chi connectivity index (χ4n) is 2.23. The number of nitrogens with zero attached hydrogens (tertiary/aromatic N) is 3. The topological polar surface area (TPSA) is 154 Å². The van der Waals surface area contributed by atoms with E-state index in [4.69, 9.17) is 24.5 Å². The summed E-state index contributed by atoms with van der Waals surface area (Å²) in [5, 5.41) is 3.32. The van der Waals surface area contributed by atoms with Crippen LogP contribution in [0.1, 0.15) is 41.0 Å². The molecule has 0 aromatic carbocycles. The number of esters is 4. The maximum atomic E-state index is 11.5. The number of azide groups is 1. The van der Waals surface area contributed by atoms with Crippen LogP contribution >= 0.6 is 0 Å². The molecule has 11 nitrogen and oxygen atoms in total. The second kappa shape index (κ2) is 11.7. The van der Waals surface area contributed by atoms with E-state index in [2.05, 4.69) is 10.0 Å². The lowest BCUT2D eigenvalue weighted by Gasteiger charge is -2.34. The van der Waals surface area contributed by atoms with Crippen LogP contribution in [-0.2, 0) is 38.1 Å². The zero-order chi connectivity index (χ0) is 20.3. The van der Waals surface area contributed by atoms with Crippen LogP contribution < -0.4 is 0 Å². The van der Waals surface area contributed by atoms with Crippen LogP contribution in [0.4, 0.5) is 0 Å². The summed E-state index contributed by atoms with van der Waals surface area (Å²) >= 11 is 0. The summed E-state index contributed by atoms with van der Waals surface area (Å²) in [6.45, 7) is 5.76. The molecule has 0 unspecified atom stereocenters. The van der Waals surface area contributed by atoms with Gasteiger partial charge in [-0.25, -0.2) is 0 Å². The predicted octanol–water partition coefficient (Wildman–Crippen LogP) is 1.43. The SMILES string of the molecule is CC[C@@H](OC(C)=O)[C@@H](OC(C)=O)[C@H](OC(C)=O)[C@@H](CN=[N+]=[N-])OC(C)=O. The summed E-state index contributed by atoms with van der Waals surface area (Å²) in [5.74, 6) is -2.87. The molecule has 26 heavy (non-hydrogen) atoms. The standard InChI is InChI=1S/C15H23N3O8/c1-6-12(23-8(2)19)14(25-10(4)21)15(26-11(5)22)13(7-17-18-16)24-9(3)20/h12-15H,6-7H2,1-5H3/t12-,13-,14-,15-/m1/s1. The number of carbonyl (C=O) groups is 4. The summed E-state index contributed by atoms with van der Waals surface area (Å²) < 4.78 is 20.6. The molecule has 0 bridgehead atoms. The number of hydrogen-bond donors (Lipinski definition) is 0. The van der Waals surface area contributed by atoms with Crippen molar-refractivity contribution in [3.05, 3.63) is 10.4 Å². The molecular weight excluding hydrogens is 350 g/mol. The quantitative estimate of drug-likeness (QED) is 0.183. The Morgan fingerprint density at radius 2 is 1.19 bits per heavy atom. The van der Waals surface area contributed by atoms with E-state index in [1.165, 1.54) is 0 Å². The fraction of sp³-hybridized carbons (Fsp3) is 0.733. The molecule has 0 rings (SSSR count). The molecule has 0 aliphatic rings. The highest BCUT2D eigenvalue weighted by molar-refractivity contribution is 5.69. The van der Waals surface area contributed by atoms with Crippen LogP contribution in [0.3, 0.4) is 0 Å². The van der Waals surface area contributed by atoms with Gasteiger partial charge in [0, 0.05) is 32.6 Å². The van der Waals surface area contributed by atoms with E-state index in [9.17, 15) is 19.2 Å². The van der Waals surface area contributed by atoms with Crippen molar-refractivity contribution in [2.45, 2.75) is 65.5 Å². The Morgan fingerprint density at radius 3 is 1.54 bits per heavy atom. The molecule has 0 aliphatic heterocycles. The highest BCUT2D eigenvalue weighted by atomic mass is 16.6. The first kappa shape index (κ1) is 23.2. The van der Waals surface area contributed by atoms with Gasteiger partial charge in [0.15, 0.2) is 12.2 Å². The zero-order valence-electron chi connectivity index (χ0n) is 15.3. The molecule has 0 aromatic rings. The van der Waals surface area contributed by atoms with Gasteiger partial charge < -0.3 is 18.9 Å². The number of hydrogen-bond acceptors (Lipinski definition) is 9. The summed E-state index contributed by atoms with van der Waals surface area (Å²) in [4.78, 5) is 48.3. The number of rotatable bonds is 10. The van der Waals surface area contributed by atoms with Crippen molar-refractivity contribution in [3.63, 3.8) is 0 Å². The van der Waals surface area contributed by atoms with E-state index >= 15 is 0 Å². The van der Waals surface area contributed by atoms with Crippen LogP contribution in [-0.4, -0.2) is 54.8 Å². The molecule has 11 heteroatoms. The molecule has 0 saturated heterocycles. The Kier molecular flexibility index (Phi) is 10.4. The highest BCUT2D eigenvalue weighted by Gasteiger charge is 2.42. The van der Waals surface area contributed by atoms with Crippen LogP contribution in [0.25, 0.3) is 10.4 Å². The average Bonchev–Trinajstić information content (AvgIpc) is 2.51. The predicted molar refractivity (Wildman–Crippen MR) is 86.5 cm³/mol. The van der Waals surface area contributed by atoms with Gasteiger partial charge in [-0.1, -0.05) is 12.0 Å². The van der Waals surface area contributed by atoms with Gasteiger partial charge >= 0.3 is 23.9 Å². The third kappa shape index (κ3) is 8.88. The first-order chi connectivity index (χ1) is 12.1. The van der Waals surface area contributed by atoms with Gasteiger partial charge in [-0.2, -0.15) is 0 Å². The Bertz CT molecular complexity index is 569. The Labute approximate surface area is 150 Å². The smallest absolute Gasteiger partial charge is 0.303 e. The van der Waals surface area contributed by atoms with Gasteiger partial charge in [0.25, 0.3) is 0 Å². The molecule has 0 N–H and O–H groups in total. The van der Waals surface area contributed by atoms with Crippen molar-refractivity contribution in [2.24, 2.45) is 5.11 Å². The molecule has 0 aromatic heterocycles. The summed E-state index contributed by atoms with van der Waals surface area (Å²) in [6, 6.07) is 0. The van der Waals surface area contributed by atoms with Gasteiger partial charge in [0.2, 0.25) is 0 Å². The number of ether oxygens (including phenoxy) is 4. The van der Waals surface area contributed by atoms with Crippen molar-refractivity contribution in [1.82, 2.24) is 0 Å². The maximum Gasteiger partial charge on any atom is 0.303 e. The molecule has 146 valence electrons. The number of carbonyl (C=O) groups excluding carboxylic acids is 4. The summed E-state index contributed by atoms with van der Waals surface area (Å²) in [5.41, 5.74) is 8.53. The van der Waals surface area contributed by atoms with E-state index < -0.39 is 48.3 Å². The van der Waals surface area contributed by atoms with E-state index in [0.29, 0.717) is 0 Å². The normalized spacial score (nSPS) is 14.7. The average molecular weight is 373 g/mol. The fourth-order valence-corrected chi connectivity index (χ4v) is 2.23. The Balaban J connectivity index is 5.98. The highest BCUT2D eigenvalue weighted by Crippen LogP contribution is 2.21. The van der Waals surface area contributed by atoms with Crippen LogP contribution in [0.2, 0.25) is 0 Å². The minimum absolute atomic E-state index is 0.212. The zero-order valence-corrected chi connectivity index (χ0v) is 15.3. The molecule has 0 fully saturated rings. The van der Waals surface area contributed by atoms with Crippen molar-refractivity contribution in [3.8, 4) is 0 Å². The van der Waals surface area contributed by atoms with E-state index in [1.807, 2.05) is 0 Å². The molecule has 0 aliphatic carbocycles. The van der Waals surface area contributed by atoms with Crippen LogP contribution in [0, 0.1) is 0 Å². The first-order valence-electron chi connectivity index (χ1n) is 7.82. The monoisotopic (exact) mass is 373 g/mol. The van der Waals surface area contributed by atoms with Gasteiger partial charge in [0.05, 0.1) is 6.54 Å². The van der Waals surface area contributed by atoms with Crippen molar-refractivity contribution >= 4 is 23.9 Å². The van der Waals surface area contributed by atoms with E-state index in [0.717, 1.165) is 27.7 Å². The third-order valence-corrected chi connectivity index (χ3v) is 3.02. The first-order valence-corrected chi connectivity index (χ1v) is 7.82. The van der Waals surface area contributed by atoms with Gasteiger partial charge in [-0.3, -0.25) is 19.2 Å². The Hall–Kier alpha value is -2.81. The van der Waals surface area contributed by atoms with Crippen molar-refractivity contribution < 1.29 is 38.1 Å². The van der Waals surface area contributed by atoms with Crippen LogP contribution in [0.5, 0.6) is 0 Å². The van der Waals surface area contributed by atoms with E-state index in [1.54, 1.807) is 6.92 Å². The molecule has 0 saturated carbocycles. The third-order valence-electron chi connectivity index (χ3n) is 3.02. The lowest BCUT2D eigenvalue weighted by atomic mass is 10.00. The van der Waals surface area contributed by atoms with Gasteiger partial charge in [0.1, 0.15) is 12.2 Å². The molecule has 0 heterocycles. The second-order valence-electron chi connectivity index (χ2n) is 5.27. The Morgan fingerprint density at radius 1 is 0.808 bits per heavy atom. The van der Waals surface area contributed by atoms with Crippen LogP contribution in [0.15, 0.2) is 5.11 Å². The minimum atomic E-state index is -1.35. The lowest BCUT2D eigenvalue weighted by molar-refractivity contribution is -0.197. The van der Waals surface area contributed by atoms with Crippen molar-refractivity contribution in [1.29, 1.82) is 0 Å². The van der Waals surface area contributed by atoms with Gasteiger partial charge in [-0.05, 0) is 12.0 Å². The molecule has 4 atom stereocenters. The molecule has 0 radical (unpaired) electrons. The summed E-state index contributed by atoms with van der Waals surface area (Å²) in [7, 11) is 0. The van der Waals surface area contributed by atoms with Crippen molar-refractivity contribution in [2.75, 3.05) is 6.54 Å². The minimum Gasteiger partial charge on any atom is -0.458 e. The molecule has 0 amide bonds. The largest absolute Gasteiger partial charge is 0.458 e. The molecule has 0 spiro atoms.